The lowest BCUT2D eigenvalue weighted by Crippen LogP contribution is -2.26. The second kappa shape index (κ2) is 4.16. The highest BCUT2D eigenvalue weighted by Gasteiger charge is 2.26. The van der Waals surface area contributed by atoms with Crippen LogP contribution in [0.1, 0.15) is 43.1 Å². The lowest BCUT2D eigenvalue weighted by Gasteiger charge is -2.25. The minimum absolute atomic E-state index is 0.365. The van der Waals surface area contributed by atoms with Crippen molar-refractivity contribution in [3.63, 3.8) is 0 Å². The summed E-state index contributed by atoms with van der Waals surface area (Å²) in [4.78, 5) is 4.40. The summed E-state index contributed by atoms with van der Waals surface area (Å²) >= 11 is 0. The average Bonchev–Trinajstić information content (AvgIpc) is 3.04. The molecule has 1 aliphatic carbocycles. The van der Waals surface area contributed by atoms with E-state index in [4.69, 9.17) is 5.73 Å². The van der Waals surface area contributed by atoms with Crippen LogP contribution in [-0.2, 0) is 6.42 Å². The monoisotopic (exact) mass is 258 g/mol. The van der Waals surface area contributed by atoms with E-state index in [1.165, 1.54) is 5.69 Å². The number of aromatic nitrogens is 4. The molecule has 100 valence electrons. The molecular formula is C13H18N6. The van der Waals surface area contributed by atoms with Crippen molar-refractivity contribution in [3.05, 3.63) is 17.7 Å². The molecule has 0 aromatic carbocycles. The van der Waals surface area contributed by atoms with Crippen LogP contribution in [0.25, 0.3) is 5.65 Å². The molecule has 0 atom stereocenters. The summed E-state index contributed by atoms with van der Waals surface area (Å²) in [5.74, 6) is 2.58. The molecule has 0 saturated heterocycles. The van der Waals surface area contributed by atoms with Gasteiger partial charge in [0.15, 0.2) is 5.65 Å². The Kier molecular flexibility index (Phi) is 2.44. The van der Waals surface area contributed by atoms with Crippen molar-refractivity contribution in [2.45, 2.75) is 44.1 Å². The molecule has 2 aliphatic rings. The quantitative estimate of drug-likeness (QED) is 0.800. The van der Waals surface area contributed by atoms with Crippen LogP contribution in [0, 0.1) is 0 Å². The Morgan fingerprint density at radius 3 is 2.89 bits per heavy atom. The van der Waals surface area contributed by atoms with Crippen molar-refractivity contribution in [3.8, 4) is 0 Å². The number of nitrogens with one attached hydrogen (secondary N) is 1. The first-order valence-corrected chi connectivity index (χ1v) is 7.05. The summed E-state index contributed by atoms with van der Waals surface area (Å²) in [5.41, 5.74) is 8.09. The van der Waals surface area contributed by atoms with E-state index in [0.717, 1.165) is 55.9 Å². The lowest BCUT2D eigenvalue weighted by molar-refractivity contribution is 0.382. The predicted octanol–water partition coefficient (Wildman–Crippen LogP) is 1.08. The zero-order valence-corrected chi connectivity index (χ0v) is 10.8. The van der Waals surface area contributed by atoms with E-state index in [9.17, 15) is 0 Å². The third-order valence-corrected chi connectivity index (χ3v) is 4.36. The van der Waals surface area contributed by atoms with Gasteiger partial charge in [0.25, 0.3) is 0 Å². The molecular weight excluding hydrogens is 240 g/mol. The number of rotatable bonds is 1. The Morgan fingerprint density at radius 1 is 1.21 bits per heavy atom. The van der Waals surface area contributed by atoms with Gasteiger partial charge in [-0.1, -0.05) is 0 Å². The molecule has 1 fully saturated rings. The van der Waals surface area contributed by atoms with Gasteiger partial charge in [0, 0.05) is 24.9 Å². The number of fused-ring (bicyclic) bond motifs is 3. The highest BCUT2D eigenvalue weighted by atomic mass is 15.3. The number of hydrogen-bond donors (Lipinski definition) is 2. The van der Waals surface area contributed by atoms with Gasteiger partial charge in [0.2, 0.25) is 0 Å². The van der Waals surface area contributed by atoms with Crippen LogP contribution in [-0.4, -0.2) is 32.2 Å². The third-order valence-electron chi connectivity index (χ3n) is 4.36. The van der Waals surface area contributed by atoms with Crippen molar-refractivity contribution in [2.24, 2.45) is 5.73 Å². The molecule has 3 heterocycles. The van der Waals surface area contributed by atoms with Gasteiger partial charge >= 0.3 is 0 Å². The SMILES string of the molecule is NC1CCC(c2nnc3cnc4c(n23)CCN4)CC1. The molecule has 0 radical (unpaired) electrons. The Morgan fingerprint density at radius 2 is 2.05 bits per heavy atom. The maximum atomic E-state index is 5.99. The Hall–Kier alpha value is -1.69. The molecule has 2 aromatic heterocycles. The van der Waals surface area contributed by atoms with Crippen LogP contribution in [0.2, 0.25) is 0 Å². The van der Waals surface area contributed by atoms with Crippen molar-refractivity contribution in [1.82, 2.24) is 19.6 Å². The fraction of sp³-hybridized carbons (Fsp3) is 0.615. The van der Waals surface area contributed by atoms with Gasteiger partial charge in [0.05, 0.1) is 11.9 Å². The maximum Gasteiger partial charge on any atom is 0.179 e. The number of hydrogen-bond acceptors (Lipinski definition) is 5. The zero-order valence-electron chi connectivity index (χ0n) is 10.8. The minimum atomic E-state index is 0.365. The zero-order chi connectivity index (χ0) is 12.8. The molecule has 6 heteroatoms. The van der Waals surface area contributed by atoms with E-state index in [2.05, 4.69) is 24.9 Å². The van der Waals surface area contributed by atoms with Crippen LogP contribution in [0.4, 0.5) is 5.82 Å². The van der Waals surface area contributed by atoms with Gasteiger partial charge in [-0.15, -0.1) is 10.2 Å². The first kappa shape index (κ1) is 11.2. The number of nitrogens with two attached hydrogens (primary N) is 1. The first-order chi connectivity index (χ1) is 9.33. The van der Waals surface area contributed by atoms with E-state index < -0.39 is 0 Å². The summed E-state index contributed by atoms with van der Waals surface area (Å²) in [6.45, 7) is 0.953. The average molecular weight is 258 g/mol. The second-order valence-electron chi connectivity index (χ2n) is 5.59. The molecule has 0 unspecified atom stereocenters. The van der Waals surface area contributed by atoms with Crippen molar-refractivity contribution in [1.29, 1.82) is 0 Å². The van der Waals surface area contributed by atoms with E-state index >= 15 is 0 Å². The van der Waals surface area contributed by atoms with Crippen molar-refractivity contribution < 1.29 is 0 Å². The number of anilines is 1. The van der Waals surface area contributed by atoms with E-state index in [-0.39, 0.29) is 0 Å². The van der Waals surface area contributed by atoms with Crippen LogP contribution >= 0.6 is 0 Å². The Labute approximate surface area is 111 Å². The van der Waals surface area contributed by atoms with E-state index in [1.807, 2.05) is 6.20 Å². The van der Waals surface area contributed by atoms with Gasteiger partial charge in [-0.3, -0.25) is 4.40 Å². The van der Waals surface area contributed by atoms with Crippen LogP contribution in [0.3, 0.4) is 0 Å². The normalized spacial score (nSPS) is 26.4. The fourth-order valence-corrected chi connectivity index (χ4v) is 3.29. The molecule has 2 aromatic rings. The van der Waals surface area contributed by atoms with Crippen LogP contribution in [0.5, 0.6) is 0 Å². The molecule has 3 N–H and O–H groups in total. The lowest BCUT2D eigenvalue weighted by atomic mass is 9.86. The molecule has 4 rings (SSSR count). The van der Waals surface area contributed by atoms with E-state index in [1.54, 1.807) is 0 Å². The summed E-state index contributed by atoms with van der Waals surface area (Å²) in [6, 6.07) is 0.365. The standard InChI is InChI=1S/C13H18N6/c14-9-3-1-8(2-4-9)13-18-17-11-7-16-12-10(19(11)13)5-6-15-12/h7-9,15H,1-6,14H2. The first-order valence-electron chi connectivity index (χ1n) is 7.05. The minimum Gasteiger partial charge on any atom is -0.368 e. The topological polar surface area (TPSA) is 81.1 Å². The molecule has 19 heavy (non-hydrogen) atoms. The summed E-state index contributed by atoms with van der Waals surface area (Å²) in [5, 5.41) is 12.0. The molecule has 6 nitrogen and oxygen atoms in total. The van der Waals surface area contributed by atoms with Gasteiger partial charge < -0.3 is 11.1 Å². The predicted molar refractivity (Wildman–Crippen MR) is 72.2 cm³/mol. The summed E-state index contributed by atoms with van der Waals surface area (Å²) in [7, 11) is 0. The summed E-state index contributed by atoms with van der Waals surface area (Å²) < 4.78 is 2.21. The van der Waals surface area contributed by atoms with E-state index in [0.29, 0.717) is 12.0 Å². The highest BCUT2D eigenvalue weighted by Crippen LogP contribution is 2.33. The van der Waals surface area contributed by atoms with Gasteiger partial charge in [-0.05, 0) is 25.7 Å². The molecule has 0 spiro atoms. The largest absolute Gasteiger partial charge is 0.368 e. The Balaban J connectivity index is 1.80. The van der Waals surface area contributed by atoms with Crippen molar-refractivity contribution in [2.75, 3.05) is 11.9 Å². The van der Waals surface area contributed by atoms with Crippen molar-refractivity contribution >= 4 is 11.5 Å². The number of nitrogens with zero attached hydrogens (tertiary/aromatic N) is 4. The highest BCUT2D eigenvalue weighted by molar-refractivity contribution is 5.52. The molecule has 1 saturated carbocycles. The second-order valence-corrected chi connectivity index (χ2v) is 5.59. The van der Waals surface area contributed by atoms with Gasteiger partial charge in [0.1, 0.15) is 11.6 Å². The molecule has 0 amide bonds. The summed E-state index contributed by atoms with van der Waals surface area (Å²) in [6.07, 6.45) is 7.22. The fourth-order valence-electron chi connectivity index (χ4n) is 3.29. The third kappa shape index (κ3) is 1.70. The van der Waals surface area contributed by atoms with Gasteiger partial charge in [-0.25, -0.2) is 4.98 Å². The Bertz CT molecular complexity index is 611. The maximum absolute atomic E-state index is 5.99. The van der Waals surface area contributed by atoms with Crippen LogP contribution in [0.15, 0.2) is 6.20 Å². The molecule has 0 bridgehead atoms. The smallest absolute Gasteiger partial charge is 0.179 e. The molecule has 1 aliphatic heterocycles. The van der Waals surface area contributed by atoms with Gasteiger partial charge in [-0.2, -0.15) is 0 Å². The van der Waals surface area contributed by atoms with Crippen LogP contribution < -0.4 is 11.1 Å².